The predicted octanol–water partition coefficient (Wildman–Crippen LogP) is 0.585. The average molecular weight is 257 g/mol. The predicted molar refractivity (Wildman–Crippen MR) is 68.5 cm³/mol. The number of urea groups is 1. The van der Waals surface area contributed by atoms with E-state index in [1.165, 1.54) is 0 Å². The minimum atomic E-state index is -0.981. The highest BCUT2D eigenvalue weighted by molar-refractivity contribution is 5.82. The summed E-state index contributed by atoms with van der Waals surface area (Å²) in [5.74, 6) is -0.981. The summed E-state index contributed by atoms with van der Waals surface area (Å²) < 4.78 is 0. The fraction of sp³-hybridized carbons (Fsp3) is 0.833. The van der Waals surface area contributed by atoms with E-state index in [4.69, 9.17) is 5.11 Å². The van der Waals surface area contributed by atoms with Crippen molar-refractivity contribution in [2.75, 3.05) is 26.7 Å². The second-order valence-electron chi connectivity index (χ2n) is 4.91. The molecule has 18 heavy (non-hydrogen) atoms. The van der Waals surface area contributed by atoms with Crippen LogP contribution in [0.5, 0.6) is 0 Å². The van der Waals surface area contributed by atoms with Crippen LogP contribution in [0.2, 0.25) is 0 Å². The molecule has 0 saturated carbocycles. The molecule has 2 N–H and O–H groups in total. The Morgan fingerprint density at radius 1 is 1.44 bits per heavy atom. The van der Waals surface area contributed by atoms with E-state index in [9.17, 15) is 9.59 Å². The Hall–Kier alpha value is -1.30. The number of rotatable bonds is 3. The van der Waals surface area contributed by atoms with E-state index in [1.54, 1.807) is 11.8 Å². The summed E-state index contributed by atoms with van der Waals surface area (Å²) in [5, 5.41) is 11.5. The molecular weight excluding hydrogens is 234 g/mol. The van der Waals surface area contributed by atoms with E-state index in [-0.39, 0.29) is 12.1 Å². The molecular formula is C12H23N3O3. The lowest BCUT2D eigenvalue weighted by Crippen LogP contribution is -2.51. The van der Waals surface area contributed by atoms with Crippen LogP contribution in [0, 0.1) is 0 Å². The lowest BCUT2D eigenvalue weighted by molar-refractivity contribution is -0.139. The van der Waals surface area contributed by atoms with E-state index in [2.05, 4.69) is 10.2 Å². The van der Waals surface area contributed by atoms with Crippen molar-refractivity contribution < 1.29 is 14.7 Å². The number of carboxylic acids is 1. The summed E-state index contributed by atoms with van der Waals surface area (Å²) in [6.45, 7) is 6.19. The zero-order valence-corrected chi connectivity index (χ0v) is 11.3. The maximum atomic E-state index is 12.1. The molecule has 0 aromatic rings. The zero-order chi connectivity index (χ0) is 13.7. The fourth-order valence-corrected chi connectivity index (χ4v) is 2.24. The van der Waals surface area contributed by atoms with Gasteiger partial charge in [0.1, 0.15) is 6.04 Å². The number of hydrogen-bond donors (Lipinski definition) is 2. The Balaban J connectivity index is 2.61. The Morgan fingerprint density at radius 2 is 2.11 bits per heavy atom. The van der Waals surface area contributed by atoms with Gasteiger partial charge in [0.25, 0.3) is 0 Å². The van der Waals surface area contributed by atoms with Gasteiger partial charge in [-0.1, -0.05) is 6.92 Å². The van der Waals surface area contributed by atoms with Crippen LogP contribution in [0.15, 0.2) is 0 Å². The van der Waals surface area contributed by atoms with E-state index >= 15 is 0 Å². The van der Waals surface area contributed by atoms with Gasteiger partial charge in [0.05, 0.1) is 0 Å². The highest BCUT2D eigenvalue weighted by atomic mass is 16.4. The van der Waals surface area contributed by atoms with E-state index in [0.29, 0.717) is 13.0 Å². The molecule has 1 fully saturated rings. The van der Waals surface area contributed by atoms with Crippen LogP contribution in [0.1, 0.15) is 26.7 Å². The third-order valence-electron chi connectivity index (χ3n) is 3.31. The molecule has 0 aromatic heterocycles. The van der Waals surface area contributed by atoms with Gasteiger partial charge in [0, 0.05) is 19.1 Å². The highest BCUT2D eigenvalue weighted by Gasteiger charge is 2.26. The van der Waals surface area contributed by atoms with Crippen LogP contribution < -0.4 is 5.32 Å². The van der Waals surface area contributed by atoms with Gasteiger partial charge in [-0.2, -0.15) is 0 Å². The zero-order valence-electron chi connectivity index (χ0n) is 11.3. The van der Waals surface area contributed by atoms with Crippen molar-refractivity contribution in [3.8, 4) is 0 Å². The number of carbonyl (C=O) groups excluding carboxylic acids is 1. The first kappa shape index (κ1) is 14.8. The quantitative estimate of drug-likeness (QED) is 0.776. The lowest BCUT2D eigenvalue weighted by atomic mass is 10.2. The maximum absolute atomic E-state index is 12.1. The Morgan fingerprint density at radius 3 is 2.67 bits per heavy atom. The molecule has 1 unspecified atom stereocenters. The first-order valence-corrected chi connectivity index (χ1v) is 6.44. The first-order chi connectivity index (χ1) is 8.45. The molecule has 104 valence electrons. The molecule has 1 rings (SSSR count). The number of aliphatic carboxylic acids is 1. The number of hydrogen-bond acceptors (Lipinski definition) is 3. The molecule has 0 aromatic carbocycles. The normalized spacial score (nSPS) is 23.3. The lowest BCUT2D eigenvalue weighted by Gasteiger charge is -2.29. The molecule has 6 heteroatoms. The fourth-order valence-electron chi connectivity index (χ4n) is 2.24. The first-order valence-electron chi connectivity index (χ1n) is 6.44. The van der Waals surface area contributed by atoms with Crippen molar-refractivity contribution in [3.05, 3.63) is 0 Å². The van der Waals surface area contributed by atoms with Crippen LogP contribution in [-0.2, 0) is 4.79 Å². The van der Waals surface area contributed by atoms with Crippen molar-refractivity contribution in [2.24, 2.45) is 0 Å². The summed E-state index contributed by atoms with van der Waals surface area (Å²) in [6.07, 6.45) is 1.31. The van der Waals surface area contributed by atoms with E-state index in [0.717, 1.165) is 19.5 Å². The van der Waals surface area contributed by atoms with Crippen LogP contribution in [0.25, 0.3) is 0 Å². The second-order valence-corrected chi connectivity index (χ2v) is 4.91. The molecule has 0 aliphatic carbocycles. The maximum Gasteiger partial charge on any atom is 0.326 e. The van der Waals surface area contributed by atoms with Gasteiger partial charge in [0.15, 0.2) is 0 Å². The molecule has 6 nitrogen and oxygen atoms in total. The third-order valence-corrected chi connectivity index (χ3v) is 3.31. The summed E-state index contributed by atoms with van der Waals surface area (Å²) in [4.78, 5) is 26.9. The van der Waals surface area contributed by atoms with E-state index in [1.807, 2.05) is 14.0 Å². The summed E-state index contributed by atoms with van der Waals surface area (Å²) >= 11 is 0. The van der Waals surface area contributed by atoms with Crippen molar-refractivity contribution >= 4 is 12.0 Å². The van der Waals surface area contributed by atoms with Crippen molar-refractivity contribution in [1.82, 2.24) is 15.1 Å². The SMILES string of the molecule is CC[C@@H](NC(=O)N1CCCN(C)CC1C)C(=O)O. The van der Waals surface area contributed by atoms with Crippen molar-refractivity contribution in [3.63, 3.8) is 0 Å². The molecule has 0 radical (unpaired) electrons. The molecule has 2 amide bonds. The van der Waals surface area contributed by atoms with Crippen LogP contribution >= 0.6 is 0 Å². The highest BCUT2D eigenvalue weighted by Crippen LogP contribution is 2.09. The Kier molecular flexibility index (Phi) is 5.40. The van der Waals surface area contributed by atoms with Gasteiger partial charge < -0.3 is 20.2 Å². The smallest absolute Gasteiger partial charge is 0.326 e. The number of carboxylic acid groups (broad SMARTS) is 1. The van der Waals surface area contributed by atoms with Gasteiger partial charge >= 0.3 is 12.0 Å². The van der Waals surface area contributed by atoms with Crippen molar-refractivity contribution in [2.45, 2.75) is 38.8 Å². The summed E-state index contributed by atoms with van der Waals surface area (Å²) in [5.41, 5.74) is 0. The Labute approximate surface area is 108 Å². The number of nitrogens with zero attached hydrogens (tertiary/aromatic N) is 2. The van der Waals surface area contributed by atoms with Gasteiger partial charge in [-0.25, -0.2) is 9.59 Å². The van der Waals surface area contributed by atoms with Gasteiger partial charge in [-0.15, -0.1) is 0 Å². The number of likely N-dealkylation sites (N-methyl/N-ethyl adjacent to an activating group) is 1. The topological polar surface area (TPSA) is 72.9 Å². The van der Waals surface area contributed by atoms with Gasteiger partial charge in [0.2, 0.25) is 0 Å². The standard InChI is InChI=1S/C12H23N3O3/c1-4-10(11(16)17)13-12(18)15-7-5-6-14(3)8-9(15)2/h9-10H,4-8H2,1-3H3,(H,13,18)(H,16,17)/t9?,10-/m1/s1. The molecule has 0 bridgehead atoms. The molecule has 2 atom stereocenters. The third kappa shape index (κ3) is 3.87. The molecule has 1 aliphatic heterocycles. The van der Waals surface area contributed by atoms with Crippen LogP contribution in [-0.4, -0.2) is 65.7 Å². The summed E-state index contributed by atoms with van der Waals surface area (Å²) in [6, 6.07) is -0.971. The molecule has 1 saturated heterocycles. The number of carbonyl (C=O) groups is 2. The monoisotopic (exact) mass is 257 g/mol. The molecule has 0 spiro atoms. The summed E-state index contributed by atoms with van der Waals surface area (Å²) in [7, 11) is 2.03. The largest absolute Gasteiger partial charge is 0.480 e. The number of amides is 2. The second kappa shape index (κ2) is 6.58. The van der Waals surface area contributed by atoms with Crippen LogP contribution in [0.4, 0.5) is 4.79 Å². The minimum Gasteiger partial charge on any atom is -0.480 e. The van der Waals surface area contributed by atoms with Crippen molar-refractivity contribution in [1.29, 1.82) is 0 Å². The van der Waals surface area contributed by atoms with Crippen LogP contribution in [0.3, 0.4) is 0 Å². The average Bonchev–Trinajstić information content (AvgIpc) is 2.46. The number of nitrogens with one attached hydrogen (secondary N) is 1. The van der Waals surface area contributed by atoms with Gasteiger partial charge in [-0.3, -0.25) is 0 Å². The minimum absolute atomic E-state index is 0.101. The van der Waals surface area contributed by atoms with Gasteiger partial charge in [-0.05, 0) is 33.4 Å². The van der Waals surface area contributed by atoms with E-state index < -0.39 is 12.0 Å². The molecule has 1 heterocycles. The molecule has 1 aliphatic rings. The Bertz CT molecular complexity index is 309.